The van der Waals surface area contributed by atoms with Crippen LogP contribution in [0.4, 0.5) is 5.82 Å². The van der Waals surface area contributed by atoms with Crippen molar-refractivity contribution in [3.8, 4) is 6.07 Å². The van der Waals surface area contributed by atoms with Crippen molar-refractivity contribution in [1.29, 1.82) is 5.26 Å². The van der Waals surface area contributed by atoms with Crippen LogP contribution in [0, 0.1) is 18.3 Å². The van der Waals surface area contributed by atoms with Gasteiger partial charge in [0.25, 0.3) is 0 Å². The van der Waals surface area contributed by atoms with Crippen LogP contribution in [0.2, 0.25) is 0 Å². The Morgan fingerprint density at radius 1 is 1.60 bits per heavy atom. The van der Waals surface area contributed by atoms with Gasteiger partial charge in [-0.1, -0.05) is 0 Å². The van der Waals surface area contributed by atoms with E-state index in [-0.39, 0.29) is 6.61 Å². The Labute approximate surface area is 89.5 Å². The van der Waals surface area contributed by atoms with E-state index in [4.69, 9.17) is 5.26 Å². The minimum atomic E-state index is -0.0219. The maximum Gasteiger partial charge on any atom is 0.132 e. The van der Waals surface area contributed by atoms with Crippen LogP contribution in [0.25, 0.3) is 0 Å². The molecule has 5 nitrogen and oxygen atoms in total. The van der Waals surface area contributed by atoms with Gasteiger partial charge < -0.3 is 10.0 Å². The molecular formula is C10H16N4O. The first-order chi connectivity index (χ1) is 7.11. The Morgan fingerprint density at radius 2 is 2.27 bits per heavy atom. The van der Waals surface area contributed by atoms with E-state index in [1.807, 2.05) is 25.9 Å². The smallest absolute Gasteiger partial charge is 0.132 e. The third-order valence-electron chi connectivity index (χ3n) is 2.39. The second kappa shape index (κ2) is 4.80. The highest BCUT2D eigenvalue weighted by atomic mass is 16.3. The second-order valence-corrected chi connectivity index (χ2v) is 3.50. The molecule has 0 aromatic carbocycles. The Balaban J connectivity index is 2.97. The molecule has 1 N–H and O–H groups in total. The van der Waals surface area contributed by atoms with Crippen molar-refractivity contribution in [2.75, 3.05) is 18.5 Å². The molecule has 82 valence electrons. The number of rotatable bonds is 4. The predicted octanol–water partition coefficient (Wildman–Crippen LogP) is 0.571. The van der Waals surface area contributed by atoms with E-state index >= 15 is 0 Å². The van der Waals surface area contributed by atoms with Crippen molar-refractivity contribution in [3.63, 3.8) is 0 Å². The summed E-state index contributed by atoms with van der Waals surface area (Å²) in [5.41, 5.74) is 1.66. The van der Waals surface area contributed by atoms with Gasteiger partial charge in [0, 0.05) is 26.2 Å². The molecule has 1 heterocycles. The Hall–Kier alpha value is -1.54. The zero-order chi connectivity index (χ0) is 11.4. The van der Waals surface area contributed by atoms with E-state index in [1.54, 1.807) is 4.68 Å². The average molecular weight is 208 g/mol. The minimum absolute atomic E-state index is 0.0219. The number of nitrogens with zero attached hydrogens (tertiary/aromatic N) is 4. The molecule has 0 saturated heterocycles. The van der Waals surface area contributed by atoms with Crippen molar-refractivity contribution < 1.29 is 5.11 Å². The van der Waals surface area contributed by atoms with Crippen molar-refractivity contribution >= 4 is 5.82 Å². The van der Waals surface area contributed by atoms with Gasteiger partial charge in [-0.05, 0) is 6.92 Å². The Morgan fingerprint density at radius 3 is 2.80 bits per heavy atom. The molecule has 0 fully saturated rings. The van der Waals surface area contributed by atoms with Crippen LogP contribution in [0.15, 0.2) is 0 Å². The summed E-state index contributed by atoms with van der Waals surface area (Å²) in [6.07, 6.45) is 0.464. The topological polar surface area (TPSA) is 65.1 Å². The molecule has 5 heteroatoms. The molecule has 0 atom stereocenters. The van der Waals surface area contributed by atoms with Gasteiger partial charge in [-0.25, -0.2) is 0 Å². The molecule has 0 bridgehead atoms. The third kappa shape index (κ3) is 2.28. The highest BCUT2D eigenvalue weighted by Gasteiger charge is 2.15. The highest BCUT2D eigenvalue weighted by molar-refractivity contribution is 5.49. The predicted molar refractivity (Wildman–Crippen MR) is 57.4 cm³/mol. The first kappa shape index (κ1) is 11.5. The van der Waals surface area contributed by atoms with Gasteiger partial charge in [0.15, 0.2) is 0 Å². The standard InChI is InChI=1S/C10H16N4O/c1-8-9(7-15)10(14(3)12-8)13(2)6-4-5-11/h15H,4,6-7H2,1-3H3. The van der Waals surface area contributed by atoms with E-state index in [0.717, 1.165) is 17.1 Å². The van der Waals surface area contributed by atoms with Crippen LogP contribution in [-0.2, 0) is 13.7 Å². The largest absolute Gasteiger partial charge is 0.391 e. The molecule has 0 saturated carbocycles. The van der Waals surface area contributed by atoms with Gasteiger partial charge in [0.1, 0.15) is 5.82 Å². The zero-order valence-corrected chi connectivity index (χ0v) is 9.36. The molecule has 0 aliphatic carbocycles. The quantitative estimate of drug-likeness (QED) is 0.785. The molecule has 1 aromatic heterocycles. The fraction of sp³-hybridized carbons (Fsp3) is 0.600. The summed E-state index contributed by atoms with van der Waals surface area (Å²) < 4.78 is 1.73. The summed E-state index contributed by atoms with van der Waals surface area (Å²) in [5.74, 6) is 0.880. The van der Waals surface area contributed by atoms with E-state index in [2.05, 4.69) is 11.2 Å². The van der Waals surface area contributed by atoms with Crippen LogP contribution in [0.1, 0.15) is 17.7 Å². The number of anilines is 1. The molecule has 15 heavy (non-hydrogen) atoms. The van der Waals surface area contributed by atoms with Crippen molar-refractivity contribution in [2.24, 2.45) is 7.05 Å². The fourth-order valence-corrected chi connectivity index (χ4v) is 1.68. The van der Waals surface area contributed by atoms with Crippen LogP contribution >= 0.6 is 0 Å². The number of aliphatic hydroxyl groups is 1. The highest BCUT2D eigenvalue weighted by Crippen LogP contribution is 2.21. The number of hydrogen-bond donors (Lipinski definition) is 1. The van der Waals surface area contributed by atoms with E-state index in [0.29, 0.717) is 13.0 Å². The van der Waals surface area contributed by atoms with Crippen molar-refractivity contribution in [2.45, 2.75) is 20.0 Å². The van der Waals surface area contributed by atoms with E-state index in [9.17, 15) is 5.11 Å². The Kier molecular flexibility index (Phi) is 3.69. The van der Waals surface area contributed by atoms with Gasteiger partial charge in [-0.15, -0.1) is 0 Å². The summed E-state index contributed by atoms with van der Waals surface area (Å²) >= 11 is 0. The maximum atomic E-state index is 9.24. The van der Waals surface area contributed by atoms with Gasteiger partial charge in [0.2, 0.25) is 0 Å². The van der Waals surface area contributed by atoms with Crippen LogP contribution in [-0.4, -0.2) is 28.5 Å². The fourth-order valence-electron chi connectivity index (χ4n) is 1.68. The maximum absolute atomic E-state index is 9.24. The van der Waals surface area contributed by atoms with Crippen molar-refractivity contribution in [3.05, 3.63) is 11.3 Å². The van der Waals surface area contributed by atoms with Gasteiger partial charge in [-0.2, -0.15) is 10.4 Å². The van der Waals surface area contributed by atoms with E-state index in [1.165, 1.54) is 0 Å². The average Bonchev–Trinajstić information content (AvgIpc) is 2.49. The molecule has 0 aliphatic heterocycles. The lowest BCUT2D eigenvalue weighted by Gasteiger charge is -2.19. The molecule has 1 rings (SSSR count). The normalized spacial score (nSPS) is 10.1. The monoisotopic (exact) mass is 208 g/mol. The van der Waals surface area contributed by atoms with Crippen molar-refractivity contribution in [1.82, 2.24) is 9.78 Å². The number of aryl methyl sites for hydroxylation is 2. The number of hydrogen-bond acceptors (Lipinski definition) is 4. The van der Waals surface area contributed by atoms with Crippen LogP contribution in [0.3, 0.4) is 0 Å². The summed E-state index contributed by atoms with van der Waals surface area (Å²) in [6.45, 7) is 2.49. The molecule has 0 aliphatic rings. The molecule has 0 unspecified atom stereocenters. The first-order valence-corrected chi connectivity index (χ1v) is 4.83. The number of aliphatic hydroxyl groups excluding tert-OH is 1. The minimum Gasteiger partial charge on any atom is -0.391 e. The van der Waals surface area contributed by atoms with Crippen LogP contribution < -0.4 is 4.90 Å². The number of aromatic nitrogens is 2. The van der Waals surface area contributed by atoms with Gasteiger partial charge >= 0.3 is 0 Å². The molecule has 0 amide bonds. The molecule has 1 aromatic rings. The SMILES string of the molecule is Cc1nn(C)c(N(C)CCC#N)c1CO. The summed E-state index contributed by atoms with van der Waals surface area (Å²) in [6, 6.07) is 2.10. The summed E-state index contributed by atoms with van der Waals surface area (Å²) in [7, 11) is 3.73. The zero-order valence-electron chi connectivity index (χ0n) is 9.36. The molecule has 0 spiro atoms. The molecule has 0 radical (unpaired) electrons. The number of nitriles is 1. The van der Waals surface area contributed by atoms with Gasteiger partial charge in [0.05, 0.1) is 24.8 Å². The Bertz CT molecular complexity index is 378. The summed E-state index contributed by atoms with van der Waals surface area (Å²) in [4.78, 5) is 1.94. The lowest BCUT2D eigenvalue weighted by molar-refractivity contribution is 0.281. The third-order valence-corrected chi connectivity index (χ3v) is 2.39. The lowest BCUT2D eigenvalue weighted by Crippen LogP contribution is -2.22. The molecular weight excluding hydrogens is 192 g/mol. The first-order valence-electron chi connectivity index (χ1n) is 4.83. The van der Waals surface area contributed by atoms with Crippen LogP contribution in [0.5, 0.6) is 0 Å². The van der Waals surface area contributed by atoms with Gasteiger partial charge in [-0.3, -0.25) is 4.68 Å². The van der Waals surface area contributed by atoms with E-state index < -0.39 is 0 Å². The second-order valence-electron chi connectivity index (χ2n) is 3.50. The summed E-state index contributed by atoms with van der Waals surface area (Å²) in [5, 5.41) is 22.0. The lowest BCUT2D eigenvalue weighted by atomic mass is 10.2.